The molecule has 0 bridgehead atoms. The number of carbonyl (C=O) groups excluding carboxylic acids is 1. The molecule has 0 aromatic heterocycles. The predicted octanol–water partition coefficient (Wildman–Crippen LogP) is 6.14. The van der Waals surface area contributed by atoms with Gasteiger partial charge in [-0.3, -0.25) is 9.35 Å². The molecule has 0 aromatic carbocycles. The van der Waals surface area contributed by atoms with Crippen LogP contribution in [0.25, 0.3) is 0 Å². The summed E-state index contributed by atoms with van der Waals surface area (Å²) in [6.07, 6.45) is 22.4. The Morgan fingerprint density at radius 2 is 1.26 bits per heavy atom. The molecule has 1 rings (SSSR count). The van der Waals surface area contributed by atoms with E-state index in [9.17, 15) is 13.2 Å². The van der Waals surface area contributed by atoms with Crippen molar-refractivity contribution in [2.45, 2.75) is 135 Å². The Morgan fingerprint density at radius 1 is 0.806 bits per heavy atom. The molecule has 0 atom stereocenters. The molecule has 1 N–H and O–H groups in total. The van der Waals surface area contributed by atoms with E-state index < -0.39 is 10.1 Å². The van der Waals surface area contributed by atoms with Crippen molar-refractivity contribution in [3.63, 3.8) is 0 Å². The van der Waals surface area contributed by atoms with Crippen molar-refractivity contribution < 1.29 is 17.8 Å². The van der Waals surface area contributed by atoms with Crippen molar-refractivity contribution >= 4 is 45.6 Å². The molecule has 0 spiro atoms. The van der Waals surface area contributed by atoms with E-state index >= 15 is 0 Å². The van der Waals surface area contributed by atoms with Crippen molar-refractivity contribution in [1.82, 2.24) is 4.90 Å². The number of rotatable bonds is 18. The number of hydrogen-bond donors (Lipinski definition) is 1. The first-order chi connectivity index (χ1) is 14.4. The first-order valence-corrected chi connectivity index (χ1v) is 14.3. The van der Waals surface area contributed by atoms with Crippen molar-refractivity contribution in [3.05, 3.63) is 0 Å². The van der Waals surface area contributed by atoms with E-state index in [2.05, 4.69) is 6.92 Å². The predicted molar refractivity (Wildman–Crippen MR) is 131 cm³/mol. The average Bonchev–Trinajstić information content (AvgIpc) is 2.71. The molecule has 7 heteroatoms. The fourth-order valence-electron chi connectivity index (χ4n) is 4.55. The topological polar surface area (TPSA) is 74.7 Å². The number of amides is 1. The number of carbonyl (C=O) groups is 1. The van der Waals surface area contributed by atoms with E-state index in [1.54, 1.807) is 4.90 Å². The van der Waals surface area contributed by atoms with Crippen LogP contribution >= 0.6 is 0 Å². The van der Waals surface area contributed by atoms with Crippen LogP contribution in [-0.4, -0.2) is 71.7 Å². The molecule has 0 heterocycles. The number of nitrogens with zero attached hydrogens (tertiary/aromatic N) is 1. The van der Waals surface area contributed by atoms with Crippen molar-refractivity contribution in [2.75, 3.05) is 12.3 Å². The van der Waals surface area contributed by atoms with Gasteiger partial charge in [0.05, 0.1) is 5.75 Å². The van der Waals surface area contributed by atoms with Gasteiger partial charge >= 0.3 is 0 Å². The second-order valence-corrected chi connectivity index (χ2v) is 10.7. The van der Waals surface area contributed by atoms with E-state index in [-0.39, 0.29) is 53.8 Å². The van der Waals surface area contributed by atoms with Gasteiger partial charge in [0, 0.05) is 48.6 Å². The summed E-state index contributed by atoms with van der Waals surface area (Å²) >= 11 is 0. The maximum Gasteiger partial charge on any atom is 0.266 e. The van der Waals surface area contributed by atoms with Gasteiger partial charge in [0.25, 0.3) is 10.1 Å². The molecule has 0 unspecified atom stereocenters. The van der Waals surface area contributed by atoms with Gasteiger partial charge in [-0.2, -0.15) is 8.42 Å². The standard InChI is InChI=1S/C24H47NO4S.Na/c1-2-3-4-5-6-7-8-9-10-11-12-13-17-20-24(26)25(21-22-30(27,28)29)23-18-15-14-16-19-23;/h23H,2-22H2,1H3,(H,27,28,29);. The Kier molecular flexibility index (Phi) is 20.1. The van der Waals surface area contributed by atoms with Gasteiger partial charge in [-0.1, -0.05) is 103 Å². The first-order valence-electron chi connectivity index (χ1n) is 12.7. The van der Waals surface area contributed by atoms with Crippen LogP contribution in [0, 0.1) is 0 Å². The fourth-order valence-corrected chi connectivity index (χ4v) is 4.98. The van der Waals surface area contributed by atoms with Crippen LogP contribution in [0.4, 0.5) is 0 Å². The molecule has 0 saturated heterocycles. The first kappa shape index (κ1) is 31.4. The third-order valence-corrected chi connectivity index (χ3v) is 7.12. The van der Waals surface area contributed by atoms with E-state index in [4.69, 9.17) is 4.55 Å². The zero-order chi connectivity index (χ0) is 22.1. The van der Waals surface area contributed by atoms with Crippen LogP contribution in [0.15, 0.2) is 0 Å². The normalized spacial score (nSPS) is 14.9. The van der Waals surface area contributed by atoms with Gasteiger partial charge in [-0.05, 0) is 19.3 Å². The van der Waals surface area contributed by atoms with Gasteiger partial charge < -0.3 is 4.90 Å². The Labute approximate surface area is 214 Å². The van der Waals surface area contributed by atoms with Crippen LogP contribution in [0.1, 0.15) is 129 Å². The van der Waals surface area contributed by atoms with E-state index in [1.807, 2.05) is 0 Å². The summed E-state index contributed by atoms with van der Waals surface area (Å²) in [4.78, 5) is 14.5. The Balaban J connectivity index is 0.00000900. The molecule has 1 fully saturated rings. The molecule has 1 aliphatic rings. The van der Waals surface area contributed by atoms with Crippen molar-refractivity contribution in [2.24, 2.45) is 0 Å². The molecule has 1 saturated carbocycles. The summed E-state index contributed by atoms with van der Waals surface area (Å²) in [5.74, 6) is -0.290. The molecule has 0 aromatic rings. The zero-order valence-corrected chi connectivity index (χ0v) is 23.3. The maximum atomic E-state index is 12.7. The van der Waals surface area contributed by atoms with Crippen LogP contribution in [-0.2, 0) is 14.9 Å². The minimum absolute atomic E-state index is 0. The molecule has 1 radical (unpaired) electrons. The van der Waals surface area contributed by atoms with Crippen LogP contribution in [0.3, 0.4) is 0 Å². The molecule has 1 aliphatic carbocycles. The summed E-state index contributed by atoms with van der Waals surface area (Å²) in [7, 11) is -4.03. The second-order valence-electron chi connectivity index (χ2n) is 9.16. The summed E-state index contributed by atoms with van der Waals surface area (Å²) < 4.78 is 31.4. The number of unbranched alkanes of at least 4 members (excludes halogenated alkanes) is 12. The second kappa shape index (κ2) is 19.8. The van der Waals surface area contributed by atoms with Gasteiger partial charge in [0.1, 0.15) is 0 Å². The molecular formula is C24H47NNaO4S. The van der Waals surface area contributed by atoms with E-state index in [0.717, 1.165) is 38.5 Å². The minimum atomic E-state index is -4.03. The quantitative estimate of drug-likeness (QED) is 0.149. The van der Waals surface area contributed by atoms with Gasteiger partial charge in [0.15, 0.2) is 0 Å². The summed E-state index contributed by atoms with van der Waals surface area (Å²) in [5.41, 5.74) is 0. The van der Waals surface area contributed by atoms with Gasteiger partial charge in [0.2, 0.25) is 5.91 Å². The van der Waals surface area contributed by atoms with Gasteiger partial charge in [-0.25, -0.2) is 0 Å². The Morgan fingerprint density at radius 3 is 1.71 bits per heavy atom. The van der Waals surface area contributed by atoms with Crippen LogP contribution in [0.2, 0.25) is 0 Å². The summed E-state index contributed by atoms with van der Waals surface area (Å²) in [5, 5.41) is 0. The molecule has 1 amide bonds. The zero-order valence-electron chi connectivity index (χ0n) is 20.5. The Bertz CT molecular complexity index is 536. The molecule has 0 aliphatic heterocycles. The van der Waals surface area contributed by atoms with Crippen LogP contribution in [0.5, 0.6) is 0 Å². The Hall–Kier alpha value is 0.380. The largest absolute Gasteiger partial charge is 0.339 e. The fraction of sp³-hybridized carbons (Fsp3) is 0.958. The SMILES string of the molecule is CCCCCCCCCCCCCCCC(=O)N(CCS(=O)(=O)O)C1CCCCC1.[Na]. The minimum Gasteiger partial charge on any atom is -0.339 e. The van der Waals surface area contributed by atoms with Crippen LogP contribution < -0.4 is 0 Å². The van der Waals surface area contributed by atoms with Crippen molar-refractivity contribution in [1.29, 1.82) is 0 Å². The monoisotopic (exact) mass is 468 g/mol. The maximum absolute atomic E-state index is 12.7. The average molecular weight is 469 g/mol. The van der Waals surface area contributed by atoms with Crippen molar-refractivity contribution in [3.8, 4) is 0 Å². The molecule has 31 heavy (non-hydrogen) atoms. The summed E-state index contributed by atoms with van der Waals surface area (Å²) in [6, 6.07) is 0.148. The third kappa shape index (κ3) is 17.5. The molecule has 179 valence electrons. The third-order valence-electron chi connectivity index (χ3n) is 6.42. The van der Waals surface area contributed by atoms with Gasteiger partial charge in [-0.15, -0.1) is 0 Å². The number of hydrogen-bond acceptors (Lipinski definition) is 3. The smallest absolute Gasteiger partial charge is 0.266 e. The van der Waals surface area contributed by atoms with E-state index in [1.165, 1.54) is 77.0 Å². The molecular weight excluding hydrogens is 421 g/mol. The summed E-state index contributed by atoms with van der Waals surface area (Å²) in [6.45, 7) is 2.38. The van der Waals surface area contributed by atoms with E-state index in [0.29, 0.717) is 6.42 Å². The molecule has 5 nitrogen and oxygen atoms in total.